The van der Waals surface area contributed by atoms with Crippen LogP contribution in [0.4, 0.5) is 0 Å². The molecule has 2 rings (SSSR count). The molecule has 1 fully saturated rings. The Kier molecular flexibility index (Phi) is 2.64. The van der Waals surface area contributed by atoms with Crippen LogP contribution < -0.4 is 0 Å². The third-order valence-electron chi connectivity index (χ3n) is 2.72. The minimum atomic E-state index is -0.993. The van der Waals surface area contributed by atoms with Crippen molar-refractivity contribution >= 4 is 11.9 Å². The first kappa shape index (κ1) is 10.7. The number of benzene rings is 1. The number of methoxy groups -OCH3 is 1. The van der Waals surface area contributed by atoms with E-state index in [0.29, 0.717) is 5.92 Å². The number of aromatic carboxylic acids is 1. The molecule has 0 heterocycles. The van der Waals surface area contributed by atoms with Crippen LogP contribution in [0.1, 0.15) is 45.0 Å². The van der Waals surface area contributed by atoms with Crippen LogP contribution in [0.2, 0.25) is 0 Å². The lowest BCUT2D eigenvalue weighted by Crippen LogP contribution is -2.07. The van der Waals surface area contributed by atoms with Gasteiger partial charge in [-0.15, -0.1) is 0 Å². The molecule has 0 amide bonds. The minimum absolute atomic E-state index is 0.213. The van der Waals surface area contributed by atoms with Gasteiger partial charge in [0.05, 0.1) is 18.2 Å². The standard InChI is InChI=1S/C12H12O4/c1-16-12(15)8-4-5-9(7-2-3-7)10(6-8)11(13)14/h4-7H,2-3H2,1H3,(H,13,14). The van der Waals surface area contributed by atoms with E-state index in [0.717, 1.165) is 18.4 Å². The molecule has 1 aliphatic rings. The van der Waals surface area contributed by atoms with Crippen molar-refractivity contribution in [2.24, 2.45) is 0 Å². The van der Waals surface area contributed by atoms with Crippen LogP contribution >= 0.6 is 0 Å². The Hall–Kier alpha value is -1.84. The monoisotopic (exact) mass is 220 g/mol. The molecule has 16 heavy (non-hydrogen) atoms. The van der Waals surface area contributed by atoms with E-state index in [1.165, 1.54) is 13.2 Å². The molecule has 1 saturated carbocycles. The molecule has 0 spiro atoms. The summed E-state index contributed by atoms with van der Waals surface area (Å²) in [7, 11) is 1.28. The Morgan fingerprint density at radius 1 is 1.38 bits per heavy atom. The van der Waals surface area contributed by atoms with Crippen LogP contribution in [0.15, 0.2) is 18.2 Å². The molecule has 0 saturated heterocycles. The maximum atomic E-state index is 11.3. The molecule has 4 nitrogen and oxygen atoms in total. The Balaban J connectivity index is 2.43. The number of carbonyl (C=O) groups is 2. The number of rotatable bonds is 3. The predicted octanol–water partition coefficient (Wildman–Crippen LogP) is 2.05. The number of hydrogen-bond acceptors (Lipinski definition) is 3. The fourth-order valence-electron chi connectivity index (χ4n) is 1.74. The second kappa shape index (κ2) is 3.96. The summed E-state index contributed by atoms with van der Waals surface area (Å²) < 4.78 is 4.56. The van der Waals surface area contributed by atoms with Crippen LogP contribution in [-0.2, 0) is 4.74 Å². The van der Waals surface area contributed by atoms with Gasteiger partial charge in [-0.3, -0.25) is 0 Å². The van der Waals surface area contributed by atoms with Gasteiger partial charge in [-0.25, -0.2) is 9.59 Å². The minimum Gasteiger partial charge on any atom is -0.478 e. The van der Waals surface area contributed by atoms with Crippen LogP contribution in [0.3, 0.4) is 0 Å². The first-order valence-corrected chi connectivity index (χ1v) is 5.09. The summed E-state index contributed by atoms with van der Waals surface area (Å²) in [6.07, 6.45) is 2.05. The van der Waals surface area contributed by atoms with Crippen LogP contribution in [0.5, 0.6) is 0 Å². The van der Waals surface area contributed by atoms with E-state index in [4.69, 9.17) is 5.11 Å². The Morgan fingerprint density at radius 2 is 2.06 bits per heavy atom. The van der Waals surface area contributed by atoms with Crippen molar-refractivity contribution < 1.29 is 19.4 Å². The summed E-state index contributed by atoms with van der Waals surface area (Å²) >= 11 is 0. The summed E-state index contributed by atoms with van der Waals surface area (Å²) in [4.78, 5) is 22.3. The summed E-state index contributed by atoms with van der Waals surface area (Å²) in [5.74, 6) is -1.16. The van der Waals surface area contributed by atoms with Gasteiger partial charge in [0.2, 0.25) is 0 Å². The average Bonchev–Trinajstić information content (AvgIpc) is 3.11. The Bertz CT molecular complexity index is 446. The molecule has 0 unspecified atom stereocenters. The number of esters is 1. The number of carboxylic acid groups (broad SMARTS) is 1. The van der Waals surface area contributed by atoms with Crippen molar-refractivity contribution in [3.8, 4) is 0 Å². The molecule has 1 N–H and O–H groups in total. The number of ether oxygens (including phenoxy) is 1. The highest BCUT2D eigenvalue weighted by Crippen LogP contribution is 2.41. The van der Waals surface area contributed by atoms with E-state index in [1.54, 1.807) is 12.1 Å². The SMILES string of the molecule is COC(=O)c1ccc(C2CC2)c(C(=O)O)c1. The summed E-state index contributed by atoms with van der Waals surface area (Å²) in [6, 6.07) is 4.72. The van der Waals surface area contributed by atoms with Crippen LogP contribution in [-0.4, -0.2) is 24.2 Å². The zero-order valence-corrected chi connectivity index (χ0v) is 8.90. The molecule has 1 aliphatic carbocycles. The van der Waals surface area contributed by atoms with Gasteiger partial charge in [0.1, 0.15) is 0 Å². The maximum absolute atomic E-state index is 11.3. The third kappa shape index (κ3) is 1.91. The molecule has 0 atom stereocenters. The summed E-state index contributed by atoms with van der Waals surface area (Å²) in [6.45, 7) is 0. The predicted molar refractivity (Wildman–Crippen MR) is 56.7 cm³/mol. The van der Waals surface area contributed by atoms with E-state index in [2.05, 4.69) is 4.74 Å². The smallest absolute Gasteiger partial charge is 0.337 e. The highest BCUT2D eigenvalue weighted by Gasteiger charge is 2.28. The maximum Gasteiger partial charge on any atom is 0.337 e. The summed E-state index contributed by atoms with van der Waals surface area (Å²) in [5, 5.41) is 9.07. The van der Waals surface area contributed by atoms with Crippen LogP contribution in [0, 0.1) is 0 Å². The van der Waals surface area contributed by atoms with E-state index >= 15 is 0 Å². The molecule has 84 valence electrons. The van der Waals surface area contributed by atoms with Gasteiger partial charge in [-0.2, -0.15) is 0 Å². The van der Waals surface area contributed by atoms with Gasteiger partial charge in [0.25, 0.3) is 0 Å². The van der Waals surface area contributed by atoms with Crippen molar-refractivity contribution in [2.75, 3.05) is 7.11 Å². The topological polar surface area (TPSA) is 63.6 Å². The third-order valence-corrected chi connectivity index (χ3v) is 2.72. The lowest BCUT2D eigenvalue weighted by Gasteiger charge is -2.06. The fourth-order valence-corrected chi connectivity index (χ4v) is 1.74. The van der Waals surface area contributed by atoms with E-state index < -0.39 is 11.9 Å². The number of carbonyl (C=O) groups excluding carboxylic acids is 1. The highest BCUT2D eigenvalue weighted by atomic mass is 16.5. The number of carboxylic acids is 1. The van der Waals surface area contributed by atoms with E-state index in [-0.39, 0.29) is 11.1 Å². The average molecular weight is 220 g/mol. The molecule has 0 bridgehead atoms. The van der Waals surface area contributed by atoms with Crippen molar-refractivity contribution in [3.05, 3.63) is 34.9 Å². The van der Waals surface area contributed by atoms with Crippen molar-refractivity contribution in [1.82, 2.24) is 0 Å². The van der Waals surface area contributed by atoms with Crippen molar-refractivity contribution in [3.63, 3.8) is 0 Å². The lowest BCUT2D eigenvalue weighted by atomic mass is 10.0. The van der Waals surface area contributed by atoms with Gasteiger partial charge < -0.3 is 9.84 Å². The van der Waals surface area contributed by atoms with Gasteiger partial charge in [0, 0.05) is 0 Å². The first-order valence-electron chi connectivity index (χ1n) is 5.09. The fraction of sp³-hybridized carbons (Fsp3) is 0.333. The molecular formula is C12H12O4. The van der Waals surface area contributed by atoms with E-state index in [1.807, 2.05) is 0 Å². The first-order chi connectivity index (χ1) is 7.63. The summed E-state index contributed by atoms with van der Waals surface area (Å²) in [5.41, 5.74) is 1.31. The quantitative estimate of drug-likeness (QED) is 0.792. The second-order valence-corrected chi connectivity index (χ2v) is 3.87. The molecule has 0 aliphatic heterocycles. The molecular weight excluding hydrogens is 208 g/mol. The molecule has 0 radical (unpaired) electrons. The molecule has 0 aromatic heterocycles. The van der Waals surface area contributed by atoms with E-state index in [9.17, 15) is 9.59 Å². The normalized spacial score (nSPS) is 14.6. The van der Waals surface area contributed by atoms with Gasteiger partial charge in [-0.05, 0) is 36.5 Å². The Morgan fingerprint density at radius 3 is 2.56 bits per heavy atom. The van der Waals surface area contributed by atoms with Crippen molar-refractivity contribution in [1.29, 1.82) is 0 Å². The van der Waals surface area contributed by atoms with Gasteiger partial charge in [0.15, 0.2) is 0 Å². The van der Waals surface area contributed by atoms with Crippen LogP contribution in [0.25, 0.3) is 0 Å². The van der Waals surface area contributed by atoms with Gasteiger partial charge >= 0.3 is 11.9 Å². The Labute approximate surface area is 92.8 Å². The second-order valence-electron chi connectivity index (χ2n) is 3.87. The number of hydrogen-bond donors (Lipinski definition) is 1. The highest BCUT2D eigenvalue weighted by molar-refractivity contribution is 5.95. The van der Waals surface area contributed by atoms with Crippen molar-refractivity contribution in [2.45, 2.75) is 18.8 Å². The largest absolute Gasteiger partial charge is 0.478 e. The zero-order valence-electron chi connectivity index (χ0n) is 8.90. The van der Waals surface area contributed by atoms with Gasteiger partial charge in [-0.1, -0.05) is 6.07 Å². The zero-order chi connectivity index (χ0) is 11.7. The molecule has 1 aromatic rings. The lowest BCUT2D eigenvalue weighted by molar-refractivity contribution is 0.0600. The molecule has 4 heteroatoms. The molecule has 1 aromatic carbocycles.